The molecule has 0 unspecified atom stereocenters. The van der Waals surface area contributed by atoms with E-state index < -0.39 is 12.0 Å². The average Bonchev–Trinajstić information content (AvgIpc) is 2.83. The minimum atomic E-state index is -0.717. The van der Waals surface area contributed by atoms with Crippen LogP contribution in [0.3, 0.4) is 0 Å². The molecule has 0 spiro atoms. The number of rotatable bonds is 4. The van der Waals surface area contributed by atoms with Crippen molar-refractivity contribution in [2.75, 3.05) is 11.9 Å². The lowest BCUT2D eigenvalue weighted by atomic mass is 10.1. The van der Waals surface area contributed by atoms with Crippen LogP contribution in [0.15, 0.2) is 35.7 Å². The normalized spacial score (nSPS) is 10.1. The molecule has 0 aliphatic heterocycles. The van der Waals surface area contributed by atoms with Gasteiger partial charge in [-0.3, -0.25) is 0 Å². The van der Waals surface area contributed by atoms with Crippen LogP contribution in [-0.4, -0.2) is 18.6 Å². The molecule has 0 saturated carbocycles. The molecule has 1 aromatic carbocycles. The van der Waals surface area contributed by atoms with Gasteiger partial charge in [-0.1, -0.05) is 30.3 Å². The molecule has 0 aliphatic rings. The number of nitrogens with two attached hydrogens (primary N) is 1. The molecular weight excluding hydrogens is 276 g/mol. The topological polar surface area (TPSA) is 81.4 Å². The first-order valence-electron chi connectivity index (χ1n) is 6.04. The predicted octanol–water partition coefficient (Wildman–Crippen LogP) is 3.08. The molecule has 20 heavy (non-hydrogen) atoms. The largest absolute Gasteiger partial charge is 0.462 e. The van der Waals surface area contributed by atoms with Crippen molar-refractivity contribution < 1.29 is 14.3 Å². The Balaban J connectivity index is 2.47. The molecule has 1 aromatic heterocycles. The van der Waals surface area contributed by atoms with E-state index in [2.05, 4.69) is 5.32 Å². The summed E-state index contributed by atoms with van der Waals surface area (Å²) in [5, 5.41) is 4.31. The van der Waals surface area contributed by atoms with Crippen LogP contribution in [0.4, 0.5) is 10.5 Å². The van der Waals surface area contributed by atoms with E-state index in [1.165, 1.54) is 11.3 Å². The van der Waals surface area contributed by atoms with Crippen LogP contribution in [0.1, 0.15) is 16.6 Å². The van der Waals surface area contributed by atoms with Crippen molar-refractivity contribution in [3.05, 3.63) is 40.6 Å². The lowest BCUT2D eigenvalue weighted by Gasteiger charge is -2.07. The number of carbonyl (C=O) groups excluding carboxylic acids is 2. The highest BCUT2D eigenvalue weighted by Gasteiger charge is 2.20. The van der Waals surface area contributed by atoms with Gasteiger partial charge >= 0.3 is 12.0 Å². The van der Waals surface area contributed by atoms with Crippen molar-refractivity contribution in [2.24, 2.45) is 5.73 Å². The molecule has 2 aromatic rings. The van der Waals surface area contributed by atoms with Gasteiger partial charge in [-0.25, -0.2) is 9.59 Å². The quantitative estimate of drug-likeness (QED) is 0.849. The summed E-state index contributed by atoms with van der Waals surface area (Å²) >= 11 is 1.22. The molecule has 104 valence electrons. The van der Waals surface area contributed by atoms with Gasteiger partial charge in [0.2, 0.25) is 0 Å². The van der Waals surface area contributed by atoms with Crippen LogP contribution in [-0.2, 0) is 4.74 Å². The zero-order valence-electron chi connectivity index (χ0n) is 10.9. The SMILES string of the molecule is CCOC(=O)c1scc(-c2ccccc2)c1NC(N)=O. The molecule has 0 fully saturated rings. The van der Waals surface area contributed by atoms with Gasteiger partial charge in [0.05, 0.1) is 12.3 Å². The maximum Gasteiger partial charge on any atom is 0.350 e. The number of amides is 2. The number of anilines is 1. The minimum absolute atomic E-state index is 0.271. The molecule has 2 rings (SSSR count). The number of urea groups is 1. The number of esters is 1. The summed E-state index contributed by atoms with van der Waals surface area (Å²) in [6, 6.07) is 8.72. The summed E-state index contributed by atoms with van der Waals surface area (Å²) in [5.74, 6) is -0.469. The molecule has 0 radical (unpaired) electrons. The summed E-state index contributed by atoms with van der Waals surface area (Å²) < 4.78 is 4.98. The third-order valence-electron chi connectivity index (χ3n) is 2.58. The molecule has 0 saturated heterocycles. The third-order valence-corrected chi connectivity index (χ3v) is 3.54. The Morgan fingerprint density at radius 1 is 1.30 bits per heavy atom. The Labute approximate surface area is 120 Å². The van der Waals surface area contributed by atoms with Gasteiger partial charge in [0.15, 0.2) is 0 Å². The van der Waals surface area contributed by atoms with Crippen molar-refractivity contribution in [1.29, 1.82) is 0 Å². The number of hydrogen-bond donors (Lipinski definition) is 2. The maximum atomic E-state index is 11.9. The van der Waals surface area contributed by atoms with Crippen LogP contribution in [0.25, 0.3) is 11.1 Å². The number of benzene rings is 1. The van der Waals surface area contributed by atoms with Gasteiger partial charge in [0, 0.05) is 10.9 Å². The molecule has 2 amide bonds. The number of ether oxygens (including phenoxy) is 1. The second kappa shape index (κ2) is 6.21. The van der Waals surface area contributed by atoms with Crippen LogP contribution >= 0.6 is 11.3 Å². The fraction of sp³-hybridized carbons (Fsp3) is 0.143. The highest BCUT2D eigenvalue weighted by Crippen LogP contribution is 2.36. The Kier molecular flexibility index (Phi) is 4.37. The van der Waals surface area contributed by atoms with Gasteiger partial charge in [0.1, 0.15) is 4.88 Å². The summed E-state index contributed by atoms with van der Waals surface area (Å²) in [4.78, 5) is 23.4. The van der Waals surface area contributed by atoms with Crippen molar-refractivity contribution in [2.45, 2.75) is 6.92 Å². The highest BCUT2D eigenvalue weighted by atomic mass is 32.1. The number of nitrogens with one attached hydrogen (secondary N) is 1. The molecule has 0 aliphatic carbocycles. The smallest absolute Gasteiger partial charge is 0.350 e. The maximum absolute atomic E-state index is 11.9. The molecule has 3 N–H and O–H groups in total. The van der Waals surface area contributed by atoms with Crippen LogP contribution in [0.5, 0.6) is 0 Å². The summed E-state index contributed by atoms with van der Waals surface area (Å²) in [5.41, 5.74) is 7.21. The van der Waals surface area contributed by atoms with Gasteiger partial charge in [0.25, 0.3) is 0 Å². The first-order chi connectivity index (χ1) is 9.63. The van der Waals surface area contributed by atoms with E-state index in [-0.39, 0.29) is 6.61 Å². The van der Waals surface area contributed by atoms with Gasteiger partial charge in [-0.2, -0.15) is 0 Å². The Bertz CT molecular complexity index is 623. The molecule has 1 heterocycles. The number of thiophene rings is 1. The van der Waals surface area contributed by atoms with E-state index in [4.69, 9.17) is 10.5 Å². The molecule has 0 bridgehead atoms. The fourth-order valence-electron chi connectivity index (χ4n) is 1.78. The average molecular weight is 290 g/mol. The van der Waals surface area contributed by atoms with Gasteiger partial charge in [-0.05, 0) is 12.5 Å². The zero-order valence-corrected chi connectivity index (χ0v) is 11.7. The third kappa shape index (κ3) is 2.97. The van der Waals surface area contributed by atoms with Crippen molar-refractivity contribution in [3.8, 4) is 11.1 Å². The second-order valence-electron chi connectivity index (χ2n) is 3.93. The fourth-order valence-corrected chi connectivity index (χ4v) is 2.71. The van der Waals surface area contributed by atoms with Gasteiger partial charge in [-0.15, -0.1) is 11.3 Å². The van der Waals surface area contributed by atoms with E-state index in [0.717, 1.165) is 11.1 Å². The monoisotopic (exact) mass is 290 g/mol. The zero-order chi connectivity index (χ0) is 14.5. The second-order valence-corrected chi connectivity index (χ2v) is 4.81. The van der Waals surface area contributed by atoms with E-state index >= 15 is 0 Å². The van der Waals surface area contributed by atoms with E-state index in [0.29, 0.717) is 10.6 Å². The Hall–Kier alpha value is -2.34. The molecule has 0 atom stereocenters. The van der Waals surface area contributed by atoms with E-state index in [9.17, 15) is 9.59 Å². The van der Waals surface area contributed by atoms with Crippen molar-refractivity contribution in [1.82, 2.24) is 0 Å². The van der Waals surface area contributed by atoms with Crippen molar-refractivity contribution in [3.63, 3.8) is 0 Å². The molecule has 5 nitrogen and oxygen atoms in total. The van der Waals surface area contributed by atoms with Crippen LogP contribution in [0.2, 0.25) is 0 Å². The van der Waals surface area contributed by atoms with Crippen molar-refractivity contribution >= 4 is 29.0 Å². The number of hydrogen-bond acceptors (Lipinski definition) is 4. The van der Waals surface area contributed by atoms with Gasteiger partial charge < -0.3 is 15.8 Å². The van der Waals surface area contributed by atoms with Crippen LogP contribution in [0, 0.1) is 0 Å². The lowest BCUT2D eigenvalue weighted by Crippen LogP contribution is -2.21. The van der Waals surface area contributed by atoms with E-state index in [1.54, 1.807) is 12.3 Å². The summed E-state index contributed by atoms with van der Waals surface area (Å²) in [7, 11) is 0. The summed E-state index contributed by atoms with van der Waals surface area (Å²) in [6.07, 6.45) is 0. The van der Waals surface area contributed by atoms with E-state index in [1.807, 2.05) is 30.3 Å². The molecule has 6 heteroatoms. The Morgan fingerprint density at radius 3 is 2.60 bits per heavy atom. The first kappa shape index (κ1) is 14.1. The Morgan fingerprint density at radius 2 is 2.00 bits per heavy atom. The highest BCUT2D eigenvalue weighted by molar-refractivity contribution is 7.13. The number of carbonyl (C=O) groups is 2. The van der Waals surface area contributed by atoms with Crippen LogP contribution < -0.4 is 11.1 Å². The first-order valence-corrected chi connectivity index (χ1v) is 6.92. The minimum Gasteiger partial charge on any atom is -0.462 e. The predicted molar refractivity (Wildman–Crippen MR) is 78.9 cm³/mol. The standard InChI is InChI=1S/C14H14N2O3S/c1-2-19-13(17)12-11(16-14(15)18)10(8-20-12)9-6-4-3-5-7-9/h3-8H,2H2,1H3,(H3,15,16,18). The number of primary amides is 1. The lowest BCUT2D eigenvalue weighted by molar-refractivity contribution is 0.0533. The summed E-state index contributed by atoms with van der Waals surface area (Å²) in [6.45, 7) is 2.00. The molecular formula is C14H14N2O3S.